The van der Waals surface area contributed by atoms with Crippen LogP contribution < -0.4 is 9.47 Å². The first-order chi connectivity index (χ1) is 13.0. The van der Waals surface area contributed by atoms with Gasteiger partial charge in [-0.2, -0.15) is 0 Å². The number of methoxy groups -OCH3 is 2. The van der Waals surface area contributed by atoms with Crippen molar-refractivity contribution in [3.63, 3.8) is 0 Å². The van der Waals surface area contributed by atoms with E-state index in [2.05, 4.69) is 10.2 Å². The summed E-state index contributed by atoms with van der Waals surface area (Å²) in [6.45, 7) is 3.31. The second kappa shape index (κ2) is 7.36. The first-order valence-corrected chi connectivity index (χ1v) is 8.11. The minimum absolute atomic E-state index is 0.111. The van der Waals surface area contributed by atoms with Crippen molar-refractivity contribution in [2.24, 2.45) is 0 Å². The number of aryl methyl sites for hydroxylation is 1. The molecule has 1 aromatic carbocycles. The van der Waals surface area contributed by atoms with Crippen LogP contribution in [0, 0.1) is 6.92 Å². The molecule has 27 heavy (non-hydrogen) atoms. The highest BCUT2D eigenvalue weighted by Crippen LogP contribution is 2.36. The fourth-order valence-electron chi connectivity index (χ4n) is 2.63. The minimum atomic E-state index is -1.05. The van der Waals surface area contributed by atoms with Crippen LogP contribution in [-0.4, -0.2) is 40.1 Å². The van der Waals surface area contributed by atoms with Gasteiger partial charge in [0, 0.05) is 5.57 Å². The van der Waals surface area contributed by atoms with E-state index in [0.717, 1.165) is 0 Å². The summed E-state index contributed by atoms with van der Waals surface area (Å²) in [6, 6.07) is 8.92. The maximum Gasteiger partial charge on any atom is 0.331 e. The molecule has 0 aliphatic heterocycles. The standard InChI is InChI=1S/C19H19N3O5/c1-11(19(23)24)10-16-20-21-18(15-9-8-12(2)27-15)22(16)17-13(25-3)6-5-7-14(17)26-4/h5-10H,1-4H3,(H,23,24)/b11-10-. The average Bonchev–Trinajstić information content (AvgIpc) is 3.26. The van der Waals surface area contributed by atoms with Crippen molar-refractivity contribution in [3.05, 3.63) is 47.5 Å². The Bertz CT molecular complexity index is 994. The number of hydrogen-bond donors (Lipinski definition) is 1. The number of carboxylic acid groups (broad SMARTS) is 1. The number of carboxylic acids is 1. The van der Waals surface area contributed by atoms with Crippen molar-refractivity contribution in [2.75, 3.05) is 14.2 Å². The summed E-state index contributed by atoms with van der Waals surface area (Å²) in [5.74, 6) is 1.89. The fourth-order valence-corrected chi connectivity index (χ4v) is 2.63. The summed E-state index contributed by atoms with van der Waals surface area (Å²) in [6.07, 6.45) is 1.43. The van der Waals surface area contributed by atoms with Crippen LogP contribution in [0.15, 0.2) is 40.3 Å². The summed E-state index contributed by atoms with van der Waals surface area (Å²) < 4.78 is 18.3. The van der Waals surface area contributed by atoms with Crippen molar-refractivity contribution in [3.8, 4) is 28.8 Å². The normalized spacial score (nSPS) is 11.5. The van der Waals surface area contributed by atoms with Crippen LogP contribution >= 0.6 is 0 Å². The van der Waals surface area contributed by atoms with Gasteiger partial charge in [0.15, 0.2) is 11.6 Å². The van der Waals surface area contributed by atoms with Crippen molar-refractivity contribution in [2.45, 2.75) is 13.8 Å². The number of rotatable bonds is 6. The van der Waals surface area contributed by atoms with E-state index in [1.54, 1.807) is 28.8 Å². The van der Waals surface area contributed by atoms with Crippen molar-refractivity contribution < 1.29 is 23.8 Å². The zero-order chi connectivity index (χ0) is 19.6. The zero-order valence-corrected chi connectivity index (χ0v) is 15.4. The van der Waals surface area contributed by atoms with Crippen molar-refractivity contribution in [1.82, 2.24) is 14.8 Å². The molecular formula is C19H19N3O5. The van der Waals surface area contributed by atoms with E-state index in [9.17, 15) is 9.90 Å². The number of ether oxygens (including phenoxy) is 2. The predicted molar refractivity (Wildman–Crippen MR) is 98.2 cm³/mol. The van der Waals surface area contributed by atoms with Crippen LogP contribution in [0.3, 0.4) is 0 Å². The number of nitrogens with zero attached hydrogens (tertiary/aromatic N) is 3. The van der Waals surface area contributed by atoms with E-state index in [4.69, 9.17) is 13.9 Å². The van der Waals surface area contributed by atoms with Crippen LogP contribution in [0.4, 0.5) is 0 Å². The van der Waals surface area contributed by atoms with Crippen LogP contribution in [0.25, 0.3) is 23.3 Å². The molecule has 0 aliphatic rings. The van der Waals surface area contributed by atoms with E-state index in [1.165, 1.54) is 27.2 Å². The minimum Gasteiger partial charge on any atom is -0.494 e. The summed E-state index contributed by atoms with van der Waals surface area (Å²) in [4.78, 5) is 11.3. The molecule has 0 spiro atoms. The summed E-state index contributed by atoms with van der Waals surface area (Å²) >= 11 is 0. The van der Waals surface area contributed by atoms with Crippen molar-refractivity contribution in [1.29, 1.82) is 0 Å². The van der Waals surface area contributed by atoms with Gasteiger partial charge in [-0.1, -0.05) is 6.07 Å². The Balaban J connectivity index is 2.34. The van der Waals surface area contributed by atoms with Gasteiger partial charge in [-0.15, -0.1) is 10.2 Å². The molecular weight excluding hydrogens is 350 g/mol. The lowest BCUT2D eigenvalue weighted by Crippen LogP contribution is -2.06. The van der Waals surface area contributed by atoms with Gasteiger partial charge in [-0.25, -0.2) is 4.79 Å². The van der Waals surface area contributed by atoms with Gasteiger partial charge in [0.25, 0.3) is 0 Å². The second-order valence-electron chi connectivity index (χ2n) is 5.77. The Morgan fingerprint density at radius 1 is 1.15 bits per heavy atom. The van der Waals surface area contributed by atoms with Gasteiger partial charge in [-0.3, -0.25) is 4.57 Å². The van der Waals surface area contributed by atoms with Crippen molar-refractivity contribution >= 4 is 12.0 Å². The van der Waals surface area contributed by atoms with E-state index in [1.807, 2.05) is 13.0 Å². The van der Waals surface area contributed by atoms with E-state index in [-0.39, 0.29) is 5.57 Å². The molecule has 0 unspecified atom stereocenters. The highest BCUT2D eigenvalue weighted by molar-refractivity contribution is 5.91. The number of para-hydroxylation sites is 1. The smallest absolute Gasteiger partial charge is 0.331 e. The van der Waals surface area contributed by atoms with Gasteiger partial charge in [-0.05, 0) is 44.2 Å². The molecule has 0 aliphatic carbocycles. The Labute approximate surface area is 155 Å². The molecule has 2 heterocycles. The first-order valence-electron chi connectivity index (χ1n) is 8.11. The van der Waals surface area contributed by atoms with E-state index in [0.29, 0.717) is 40.4 Å². The number of aromatic nitrogens is 3. The molecule has 0 radical (unpaired) electrons. The van der Waals surface area contributed by atoms with Gasteiger partial charge in [0.05, 0.1) is 14.2 Å². The van der Waals surface area contributed by atoms with Gasteiger partial charge in [0.2, 0.25) is 5.82 Å². The fraction of sp³-hybridized carbons (Fsp3) is 0.211. The third-order valence-electron chi connectivity index (χ3n) is 3.96. The topological polar surface area (TPSA) is 99.6 Å². The molecule has 0 saturated carbocycles. The molecule has 0 bridgehead atoms. The Hall–Kier alpha value is -3.55. The largest absolute Gasteiger partial charge is 0.494 e. The van der Waals surface area contributed by atoms with Crippen LogP contribution in [0.2, 0.25) is 0 Å². The number of aliphatic carboxylic acids is 1. The van der Waals surface area contributed by atoms with Crippen LogP contribution in [-0.2, 0) is 4.79 Å². The van der Waals surface area contributed by atoms with Crippen LogP contribution in [0.1, 0.15) is 18.5 Å². The number of hydrogen-bond acceptors (Lipinski definition) is 6. The molecule has 3 rings (SSSR count). The molecule has 140 valence electrons. The summed E-state index contributed by atoms with van der Waals surface area (Å²) in [5.41, 5.74) is 0.653. The molecule has 0 saturated heterocycles. The Morgan fingerprint density at radius 2 is 1.81 bits per heavy atom. The molecule has 2 aromatic heterocycles. The number of benzene rings is 1. The predicted octanol–water partition coefficient (Wildman–Crippen LogP) is 3.34. The Kier molecular flexibility index (Phi) is 4.98. The zero-order valence-electron chi connectivity index (χ0n) is 15.4. The van der Waals surface area contributed by atoms with Gasteiger partial charge >= 0.3 is 5.97 Å². The summed E-state index contributed by atoms with van der Waals surface area (Å²) in [7, 11) is 3.08. The molecule has 0 amide bonds. The Morgan fingerprint density at radius 3 is 2.33 bits per heavy atom. The molecule has 3 aromatic rings. The van der Waals surface area contributed by atoms with Gasteiger partial charge in [0.1, 0.15) is 22.9 Å². The third kappa shape index (κ3) is 3.41. The molecule has 1 N–H and O–H groups in total. The molecule has 8 nitrogen and oxygen atoms in total. The lowest BCUT2D eigenvalue weighted by atomic mass is 10.2. The quantitative estimate of drug-likeness (QED) is 0.665. The monoisotopic (exact) mass is 369 g/mol. The van der Waals surface area contributed by atoms with Crippen LogP contribution in [0.5, 0.6) is 11.5 Å². The van der Waals surface area contributed by atoms with E-state index < -0.39 is 5.97 Å². The maximum absolute atomic E-state index is 11.3. The number of furan rings is 1. The number of carbonyl (C=O) groups is 1. The molecule has 0 atom stereocenters. The SMILES string of the molecule is COc1cccc(OC)c1-n1c(/C=C(/C)C(=O)O)nnc1-c1ccc(C)o1. The maximum atomic E-state index is 11.3. The second-order valence-corrected chi connectivity index (χ2v) is 5.77. The molecule has 0 fully saturated rings. The average molecular weight is 369 g/mol. The first kappa shape index (κ1) is 18.2. The van der Waals surface area contributed by atoms with E-state index >= 15 is 0 Å². The highest BCUT2D eigenvalue weighted by Gasteiger charge is 2.23. The lowest BCUT2D eigenvalue weighted by Gasteiger charge is -2.16. The van der Waals surface area contributed by atoms with Gasteiger partial charge < -0.3 is 19.0 Å². The third-order valence-corrected chi connectivity index (χ3v) is 3.96. The summed E-state index contributed by atoms with van der Waals surface area (Å²) in [5, 5.41) is 17.6. The highest BCUT2D eigenvalue weighted by atomic mass is 16.5. The molecule has 8 heteroatoms. The lowest BCUT2D eigenvalue weighted by molar-refractivity contribution is -0.132.